The van der Waals surface area contributed by atoms with Gasteiger partial charge in [0.15, 0.2) is 16.3 Å². The number of pyridine rings is 1. The van der Waals surface area contributed by atoms with Gasteiger partial charge in [0, 0.05) is 23.7 Å². The van der Waals surface area contributed by atoms with Crippen LogP contribution >= 0.6 is 0 Å². The van der Waals surface area contributed by atoms with Crippen molar-refractivity contribution in [2.45, 2.75) is 58.9 Å². The summed E-state index contributed by atoms with van der Waals surface area (Å²) < 4.78 is 34.0. The van der Waals surface area contributed by atoms with E-state index in [1.54, 1.807) is 11.6 Å². The van der Waals surface area contributed by atoms with E-state index < -0.39 is 15.6 Å². The maximum Gasteiger partial charge on any atom is 0.277 e. The Labute approximate surface area is 151 Å². The summed E-state index contributed by atoms with van der Waals surface area (Å²) in [6.45, 7) is 9.45. The standard InChI is InChI=1S/C17H22N4O4S/c1-6-7-8-20-12(4)15-10(2)9-14(22)21(17(15)18-20)26(23,24)16-11(3)19-25-13(16)5/h9H,6-8H2,1-5H3. The summed E-state index contributed by atoms with van der Waals surface area (Å²) >= 11 is 0. The number of fused-ring (bicyclic) bond motifs is 1. The number of aromatic nitrogens is 4. The highest BCUT2D eigenvalue weighted by Crippen LogP contribution is 2.26. The molecule has 0 atom stereocenters. The number of hydrogen-bond donors (Lipinski definition) is 0. The van der Waals surface area contributed by atoms with Gasteiger partial charge < -0.3 is 4.52 Å². The van der Waals surface area contributed by atoms with E-state index in [2.05, 4.69) is 17.2 Å². The number of rotatable bonds is 5. The van der Waals surface area contributed by atoms with Crippen molar-refractivity contribution < 1.29 is 12.9 Å². The third kappa shape index (κ3) is 2.66. The predicted molar refractivity (Wildman–Crippen MR) is 96.9 cm³/mol. The zero-order valence-electron chi connectivity index (χ0n) is 15.5. The van der Waals surface area contributed by atoms with Gasteiger partial charge in [-0.15, -0.1) is 0 Å². The van der Waals surface area contributed by atoms with Crippen molar-refractivity contribution in [1.29, 1.82) is 0 Å². The molecule has 3 rings (SSSR count). The number of hydrogen-bond acceptors (Lipinski definition) is 6. The molecule has 0 aliphatic rings. The first-order valence-corrected chi connectivity index (χ1v) is 9.92. The molecule has 0 N–H and O–H groups in total. The van der Waals surface area contributed by atoms with E-state index in [9.17, 15) is 13.2 Å². The number of nitrogens with zero attached hydrogens (tertiary/aromatic N) is 4. The van der Waals surface area contributed by atoms with Crippen LogP contribution in [0.4, 0.5) is 0 Å². The second-order valence-corrected chi connectivity index (χ2v) is 8.17. The Kier molecular flexibility index (Phi) is 4.51. The molecule has 0 aliphatic heterocycles. The normalized spacial score (nSPS) is 12.2. The Balaban J connectivity index is 2.38. The summed E-state index contributed by atoms with van der Waals surface area (Å²) in [6, 6.07) is 1.33. The Hall–Kier alpha value is -2.42. The third-order valence-electron chi connectivity index (χ3n) is 4.50. The van der Waals surface area contributed by atoms with Gasteiger partial charge in [0.1, 0.15) is 5.69 Å². The summed E-state index contributed by atoms with van der Waals surface area (Å²) in [5.74, 6) is 0.144. The van der Waals surface area contributed by atoms with Crippen molar-refractivity contribution in [2.75, 3.05) is 0 Å². The zero-order valence-corrected chi connectivity index (χ0v) is 16.3. The fourth-order valence-corrected chi connectivity index (χ4v) is 4.89. The van der Waals surface area contributed by atoms with E-state index in [0.717, 1.165) is 22.5 Å². The minimum absolute atomic E-state index is 0.0921. The Morgan fingerprint density at radius 3 is 2.46 bits per heavy atom. The second kappa shape index (κ2) is 6.39. The van der Waals surface area contributed by atoms with Crippen molar-refractivity contribution in [2.24, 2.45) is 0 Å². The smallest absolute Gasteiger partial charge is 0.277 e. The predicted octanol–water partition coefficient (Wildman–Crippen LogP) is 2.46. The maximum absolute atomic E-state index is 13.2. The molecular formula is C17H22N4O4S. The van der Waals surface area contributed by atoms with Crippen molar-refractivity contribution >= 4 is 21.1 Å². The van der Waals surface area contributed by atoms with Crippen LogP contribution in [-0.4, -0.2) is 27.3 Å². The van der Waals surface area contributed by atoms with Crippen LogP contribution < -0.4 is 5.56 Å². The average molecular weight is 378 g/mol. The lowest BCUT2D eigenvalue weighted by Crippen LogP contribution is -2.28. The summed E-state index contributed by atoms with van der Waals surface area (Å²) in [4.78, 5) is 12.5. The molecule has 26 heavy (non-hydrogen) atoms. The highest BCUT2D eigenvalue weighted by Gasteiger charge is 2.30. The molecule has 0 spiro atoms. The van der Waals surface area contributed by atoms with Gasteiger partial charge in [0.05, 0.1) is 0 Å². The van der Waals surface area contributed by atoms with Gasteiger partial charge in [-0.3, -0.25) is 9.48 Å². The van der Waals surface area contributed by atoms with Crippen LogP contribution in [0.15, 0.2) is 20.3 Å². The van der Waals surface area contributed by atoms with E-state index in [4.69, 9.17) is 4.52 Å². The molecule has 0 amide bonds. The summed E-state index contributed by atoms with van der Waals surface area (Å²) in [5, 5.41) is 8.84. The van der Waals surface area contributed by atoms with Gasteiger partial charge in [0.2, 0.25) is 0 Å². The van der Waals surface area contributed by atoms with Crippen LogP contribution in [0.5, 0.6) is 0 Å². The lowest BCUT2D eigenvalue weighted by molar-refractivity contribution is 0.390. The van der Waals surface area contributed by atoms with Gasteiger partial charge in [0.25, 0.3) is 15.6 Å². The molecule has 3 aromatic rings. The lowest BCUT2D eigenvalue weighted by atomic mass is 10.2. The molecule has 0 aromatic carbocycles. The molecular weight excluding hydrogens is 356 g/mol. The minimum atomic E-state index is -4.18. The molecule has 0 unspecified atom stereocenters. The first kappa shape index (κ1) is 18.4. The van der Waals surface area contributed by atoms with Crippen LogP contribution in [-0.2, 0) is 16.6 Å². The topological polar surface area (TPSA) is 100.0 Å². The highest BCUT2D eigenvalue weighted by atomic mass is 32.2. The molecule has 0 aliphatic carbocycles. The molecule has 0 bridgehead atoms. The second-order valence-electron chi connectivity index (χ2n) is 6.45. The van der Waals surface area contributed by atoms with E-state index >= 15 is 0 Å². The highest BCUT2D eigenvalue weighted by molar-refractivity contribution is 7.90. The molecule has 140 valence electrons. The van der Waals surface area contributed by atoms with Gasteiger partial charge in [-0.05, 0) is 39.7 Å². The first-order chi connectivity index (χ1) is 12.2. The SMILES string of the molecule is CCCCn1nc2c(c(C)cc(=O)n2S(=O)(=O)c2c(C)noc2C)c1C. The van der Waals surface area contributed by atoms with Crippen molar-refractivity contribution in [3.05, 3.63) is 39.1 Å². The monoisotopic (exact) mass is 378 g/mol. The van der Waals surface area contributed by atoms with E-state index in [-0.39, 0.29) is 22.0 Å². The van der Waals surface area contributed by atoms with Gasteiger partial charge in [-0.2, -0.15) is 9.07 Å². The van der Waals surface area contributed by atoms with Gasteiger partial charge in [-0.1, -0.05) is 18.5 Å². The van der Waals surface area contributed by atoms with Crippen LogP contribution in [0.25, 0.3) is 11.0 Å². The molecule has 8 nitrogen and oxygen atoms in total. The number of unbranched alkanes of at least 4 members (excludes halogenated alkanes) is 1. The Bertz CT molecular complexity index is 1130. The fraction of sp³-hybridized carbons (Fsp3) is 0.471. The summed E-state index contributed by atoms with van der Waals surface area (Å²) in [7, 11) is -4.18. The summed E-state index contributed by atoms with van der Waals surface area (Å²) in [5.41, 5.74) is 1.26. The van der Waals surface area contributed by atoms with Crippen molar-refractivity contribution in [1.82, 2.24) is 18.9 Å². The molecule has 0 radical (unpaired) electrons. The molecule has 3 aromatic heterocycles. The molecule has 0 saturated carbocycles. The minimum Gasteiger partial charge on any atom is -0.360 e. The van der Waals surface area contributed by atoms with Gasteiger partial charge >= 0.3 is 0 Å². The van der Waals surface area contributed by atoms with E-state index in [0.29, 0.717) is 17.5 Å². The quantitative estimate of drug-likeness (QED) is 0.676. The van der Waals surface area contributed by atoms with Crippen LogP contribution in [0.3, 0.4) is 0 Å². The maximum atomic E-state index is 13.2. The van der Waals surface area contributed by atoms with E-state index in [1.807, 2.05) is 6.92 Å². The Morgan fingerprint density at radius 1 is 1.19 bits per heavy atom. The van der Waals surface area contributed by atoms with Crippen molar-refractivity contribution in [3.8, 4) is 0 Å². The fourth-order valence-electron chi connectivity index (χ4n) is 3.25. The third-order valence-corrected chi connectivity index (χ3v) is 6.44. The zero-order chi connectivity index (χ0) is 19.2. The summed E-state index contributed by atoms with van der Waals surface area (Å²) in [6.07, 6.45) is 1.90. The van der Waals surface area contributed by atoms with Crippen LogP contribution in [0.2, 0.25) is 0 Å². The molecule has 0 saturated heterocycles. The average Bonchev–Trinajstić information content (AvgIpc) is 3.05. The van der Waals surface area contributed by atoms with Crippen molar-refractivity contribution in [3.63, 3.8) is 0 Å². The first-order valence-electron chi connectivity index (χ1n) is 8.48. The molecule has 0 fully saturated rings. The van der Waals surface area contributed by atoms with E-state index in [1.165, 1.54) is 19.9 Å². The lowest BCUT2D eigenvalue weighted by Gasteiger charge is -2.09. The van der Waals surface area contributed by atoms with Crippen LogP contribution in [0.1, 0.15) is 42.5 Å². The molecule has 9 heteroatoms. The largest absolute Gasteiger partial charge is 0.360 e. The van der Waals surface area contributed by atoms with Crippen LogP contribution in [0, 0.1) is 27.7 Å². The Morgan fingerprint density at radius 2 is 1.88 bits per heavy atom. The number of aryl methyl sites for hydroxylation is 5. The molecule has 3 heterocycles. The van der Waals surface area contributed by atoms with Gasteiger partial charge in [-0.25, -0.2) is 8.42 Å².